The molecule has 120 valence electrons. The van der Waals surface area contributed by atoms with Gasteiger partial charge in [-0.25, -0.2) is 4.39 Å². The smallest absolute Gasteiger partial charge is 0.261 e. The SMILES string of the molecule is COc1cc2c(cc1OC)CN(C(=O)[C@@]1(F)CCNC1)CC2. The molecule has 0 spiro atoms. The van der Waals surface area contributed by atoms with Gasteiger partial charge in [-0.3, -0.25) is 4.79 Å². The van der Waals surface area contributed by atoms with Gasteiger partial charge in [0.1, 0.15) is 0 Å². The molecule has 1 amide bonds. The Labute approximate surface area is 129 Å². The first-order valence-corrected chi connectivity index (χ1v) is 7.50. The lowest BCUT2D eigenvalue weighted by Crippen LogP contribution is -2.49. The molecule has 6 heteroatoms. The van der Waals surface area contributed by atoms with Crippen LogP contribution >= 0.6 is 0 Å². The summed E-state index contributed by atoms with van der Waals surface area (Å²) in [5.41, 5.74) is 0.361. The molecule has 1 N–H and O–H groups in total. The van der Waals surface area contributed by atoms with Gasteiger partial charge < -0.3 is 19.7 Å². The maximum Gasteiger partial charge on any atom is 0.261 e. The number of carbonyl (C=O) groups excluding carboxylic acids is 1. The molecule has 0 aliphatic carbocycles. The molecule has 5 nitrogen and oxygen atoms in total. The van der Waals surface area contributed by atoms with E-state index in [2.05, 4.69) is 5.32 Å². The van der Waals surface area contributed by atoms with E-state index in [1.165, 1.54) is 0 Å². The molecule has 1 aromatic rings. The molecule has 22 heavy (non-hydrogen) atoms. The third-order valence-electron chi connectivity index (χ3n) is 4.49. The summed E-state index contributed by atoms with van der Waals surface area (Å²) >= 11 is 0. The Morgan fingerprint density at radius 2 is 1.95 bits per heavy atom. The number of hydrogen-bond acceptors (Lipinski definition) is 4. The van der Waals surface area contributed by atoms with E-state index in [0.717, 1.165) is 11.1 Å². The van der Waals surface area contributed by atoms with E-state index in [9.17, 15) is 9.18 Å². The van der Waals surface area contributed by atoms with Crippen molar-refractivity contribution in [1.82, 2.24) is 10.2 Å². The number of benzene rings is 1. The largest absolute Gasteiger partial charge is 0.493 e. The van der Waals surface area contributed by atoms with E-state index >= 15 is 0 Å². The predicted octanol–water partition coefficient (Wildman–Crippen LogP) is 1.29. The van der Waals surface area contributed by atoms with Crippen LogP contribution in [0.1, 0.15) is 17.5 Å². The number of nitrogens with zero attached hydrogens (tertiary/aromatic N) is 1. The highest BCUT2D eigenvalue weighted by Crippen LogP contribution is 2.34. The first-order chi connectivity index (χ1) is 10.6. The van der Waals surface area contributed by atoms with Crippen LogP contribution in [-0.4, -0.2) is 50.3 Å². The fourth-order valence-electron chi connectivity index (χ4n) is 3.18. The summed E-state index contributed by atoms with van der Waals surface area (Å²) in [6.45, 7) is 1.62. The molecule has 0 radical (unpaired) electrons. The fraction of sp³-hybridized carbons (Fsp3) is 0.562. The van der Waals surface area contributed by atoms with E-state index in [1.807, 2.05) is 12.1 Å². The summed E-state index contributed by atoms with van der Waals surface area (Å²) in [6, 6.07) is 3.82. The molecule has 2 aliphatic heterocycles. The van der Waals surface area contributed by atoms with Gasteiger partial charge in [0.2, 0.25) is 5.67 Å². The Bertz CT molecular complexity index is 585. The maximum atomic E-state index is 14.6. The minimum absolute atomic E-state index is 0.112. The number of hydrogen-bond donors (Lipinski definition) is 1. The Kier molecular flexibility index (Phi) is 3.95. The Morgan fingerprint density at radius 1 is 1.27 bits per heavy atom. The van der Waals surface area contributed by atoms with Crippen molar-refractivity contribution in [2.45, 2.75) is 25.1 Å². The van der Waals surface area contributed by atoms with Crippen molar-refractivity contribution in [2.24, 2.45) is 0 Å². The van der Waals surface area contributed by atoms with Crippen LogP contribution in [-0.2, 0) is 17.8 Å². The van der Waals surface area contributed by atoms with Crippen LogP contribution in [0.15, 0.2) is 12.1 Å². The van der Waals surface area contributed by atoms with Crippen molar-refractivity contribution in [2.75, 3.05) is 33.9 Å². The van der Waals surface area contributed by atoms with E-state index in [-0.39, 0.29) is 13.0 Å². The standard InChI is InChI=1S/C16H21FN2O3/c1-21-13-7-11-3-6-19(9-12(11)8-14(13)22-2)15(20)16(17)4-5-18-10-16/h7-8,18H,3-6,9-10H2,1-2H3/t16-/m1/s1. The van der Waals surface area contributed by atoms with Crippen LogP contribution in [0.25, 0.3) is 0 Å². The molecule has 1 saturated heterocycles. The van der Waals surface area contributed by atoms with Crippen molar-refractivity contribution >= 4 is 5.91 Å². The monoisotopic (exact) mass is 308 g/mol. The summed E-state index contributed by atoms with van der Waals surface area (Å²) < 4.78 is 25.2. The minimum Gasteiger partial charge on any atom is -0.493 e. The van der Waals surface area contributed by atoms with Crippen LogP contribution in [0.5, 0.6) is 11.5 Å². The number of methoxy groups -OCH3 is 2. The molecular weight excluding hydrogens is 287 g/mol. The van der Waals surface area contributed by atoms with Crippen molar-refractivity contribution in [3.8, 4) is 11.5 Å². The van der Waals surface area contributed by atoms with Crippen LogP contribution in [0.3, 0.4) is 0 Å². The molecule has 0 saturated carbocycles. The summed E-state index contributed by atoms with van der Waals surface area (Å²) in [5, 5.41) is 2.93. The Morgan fingerprint density at radius 3 is 2.55 bits per heavy atom. The molecule has 3 rings (SSSR count). The van der Waals surface area contributed by atoms with Crippen LogP contribution < -0.4 is 14.8 Å². The topological polar surface area (TPSA) is 50.8 Å². The summed E-state index contributed by atoms with van der Waals surface area (Å²) in [6.07, 6.45) is 0.950. The molecule has 2 heterocycles. The Hall–Kier alpha value is -1.82. The van der Waals surface area contributed by atoms with Crippen molar-refractivity contribution in [3.63, 3.8) is 0 Å². The van der Waals surface area contributed by atoms with Crippen LogP contribution in [0, 0.1) is 0 Å². The van der Waals surface area contributed by atoms with Gasteiger partial charge in [-0.15, -0.1) is 0 Å². The van der Waals surface area contributed by atoms with Gasteiger partial charge in [-0.05, 0) is 36.2 Å². The summed E-state index contributed by atoms with van der Waals surface area (Å²) in [7, 11) is 3.18. The highest BCUT2D eigenvalue weighted by Gasteiger charge is 2.44. The second kappa shape index (κ2) is 5.76. The lowest BCUT2D eigenvalue weighted by atomic mass is 9.96. The fourth-order valence-corrected chi connectivity index (χ4v) is 3.18. The lowest BCUT2D eigenvalue weighted by molar-refractivity contribution is -0.143. The van der Waals surface area contributed by atoms with E-state index in [0.29, 0.717) is 37.6 Å². The van der Waals surface area contributed by atoms with Gasteiger partial charge in [-0.2, -0.15) is 0 Å². The number of amides is 1. The zero-order valence-electron chi connectivity index (χ0n) is 12.9. The molecule has 1 aromatic carbocycles. The molecule has 1 atom stereocenters. The number of halogens is 1. The number of alkyl halides is 1. The van der Waals surface area contributed by atoms with Gasteiger partial charge in [0.05, 0.1) is 14.2 Å². The molecule has 0 aromatic heterocycles. The van der Waals surface area contributed by atoms with Gasteiger partial charge in [0.25, 0.3) is 5.91 Å². The average Bonchev–Trinajstić information content (AvgIpc) is 3.00. The highest BCUT2D eigenvalue weighted by molar-refractivity contribution is 5.86. The zero-order valence-corrected chi connectivity index (χ0v) is 12.9. The average molecular weight is 308 g/mol. The number of nitrogens with one attached hydrogen (secondary N) is 1. The van der Waals surface area contributed by atoms with Crippen molar-refractivity contribution in [1.29, 1.82) is 0 Å². The first kappa shape index (κ1) is 15.1. The quantitative estimate of drug-likeness (QED) is 0.914. The summed E-state index contributed by atoms with van der Waals surface area (Å²) in [5.74, 6) is 0.911. The van der Waals surface area contributed by atoms with Gasteiger partial charge in [0, 0.05) is 26.1 Å². The van der Waals surface area contributed by atoms with Crippen molar-refractivity contribution < 1.29 is 18.7 Å². The normalized spacial score (nSPS) is 24.0. The van der Waals surface area contributed by atoms with E-state index in [1.54, 1.807) is 19.1 Å². The minimum atomic E-state index is -1.76. The molecular formula is C16H21FN2O3. The van der Waals surface area contributed by atoms with Crippen LogP contribution in [0.2, 0.25) is 0 Å². The second-order valence-electron chi connectivity index (χ2n) is 5.84. The first-order valence-electron chi connectivity index (χ1n) is 7.50. The molecule has 2 aliphatic rings. The van der Waals surface area contributed by atoms with E-state index in [4.69, 9.17) is 9.47 Å². The molecule has 1 fully saturated rings. The zero-order chi connectivity index (χ0) is 15.7. The second-order valence-corrected chi connectivity index (χ2v) is 5.84. The third kappa shape index (κ3) is 2.52. The van der Waals surface area contributed by atoms with E-state index < -0.39 is 11.6 Å². The predicted molar refractivity (Wildman–Crippen MR) is 80.0 cm³/mol. The molecule has 0 bridgehead atoms. The van der Waals surface area contributed by atoms with Gasteiger partial charge >= 0.3 is 0 Å². The lowest BCUT2D eigenvalue weighted by Gasteiger charge is -2.33. The number of rotatable bonds is 3. The molecule has 0 unspecified atom stereocenters. The van der Waals surface area contributed by atoms with Gasteiger partial charge in [-0.1, -0.05) is 0 Å². The number of ether oxygens (including phenoxy) is 2. The van der Waals surface area contributed by atoms with Crippen LogP contribution in [0.4, 0.5) is 4.39 Å². The highest BCUT2D eigenvalue weighted by atomic mass is 19.1. The van der Waals surface area contributed by atoms with Crippen molar-refractivity contribution in [3.05, 3.63) is 23.3 Å². The summed E-state index contributed by atoms with van der Waals surface area (Å²) in [4.78, 5) is 14.1. The third-order valence-corrected chi connectivity index (χ3v) is 4.49. The number of carbonyl (C=O) groups is 1. The maximum absolute atomic E-state index is 14.6. The van der Waals surface area contributed by atoms with Gasteiger partial charge in [0.15, 0.2) is 11.5 Å². The Balaban J connectivity index is 1.83. The number of fused-ring (bicyclic) bond motifs is 1.